The number of nitrogens with zero attached hydrogens (tertiary/aromatic N) is 2. The van der Waals surface area contributed by atoms with Crippen molar-refractivity contribution < 1.29 is 14.3 Å². The zero-order valence-electron chi connectivity index (χ0n) is 16.9. The van der Waals surface area contributed by atoms with Gasteiger partial charge < -0.3 is 19.7 Å². The first kappa shape index (κ1) is 20.2. The topological polar surface area (TPSA) is 63.7 Å². The second kappa shape index (κ2) is 9.59. The van der Waals surface area contributed by atoms with E-state index in [2.05, 4.69) is 10.3 Å². The Balaban J connectivity index is 1.61. The molecule has 0 fully saturated rings. The number of methoxy groups -OCH3 is 1. The molecule has 3 aromatic rings. The van der Waals surface area contributed by atoms with E-state index in [1.54, 1.807) is 25.4 Å². The summed E-state index contributed by atoms with van der Waals surface area (Å²) in [5.74, 6) is 1.66. The highest BCUT2D eigenvalue weighted by atomic mass is 16.5. The molecule has 0 aliphatic rings. The first-order chi connectivity index (χ1) is 14.0. The molecule has 6 heteroatoms. The van der Waals surface area contributed by atoms with E-state index in [9.17, 15) is 4.79 Å². The molecule has 0 unspecified atom stereocenters. The Bertz CT molecular complexity index is 941. The number of ether oxygens (including phenoxy) is 2. The third-order valence-corrected chi connectivity index (χ3v) is 4.39. The van der Waals surface area contributed by atoms with E-state index >= 15 is 0 Å². The number of carbonyl (C=O) groups is 1. The van der Waals surface area contributed by atoms with Crippen molar-refractivity contribution in [1.29, 1.82) is 0 Å². The molecule has 29 heavy (non-hydrogen) atoms. The third-order valence-electron chi connectivity index (χ3n) is 4.39. The highest BCUT2D eigenvalue weighted by molar-refractivity contribution is 5.91. The summed E-state index contributed by atoms with van der Waals surface area (Å²) >= 11 is 0. The first-order valence-corrected chi connectivity index (χ1v) is 9.32. The lowest BCUT2D eigenvalue weighted by atomic mass is 10.1. The van der Waals surface area contributed by atoms with Crippen LogP contribution in [0.1, 0.15) is 11.1 Å². The minimum Gasteiger partial charge on any atom is -0.496 e. The summed E-state index contributed by atoms with van der Waals surface area (Å²) in [6.07, 6.45) is 1.90. The van der Waals surface area contributed by atoms with E-state index in [0.29, 0.717) is 23.9 Å². The average molecular weight is 391 g/mol. The fourth-order valence-electron chi connectivity index (χ4n) is 2.79. The lowest BCUT2D eigenvalue weighted by Crippen LogP contribution is -2.16. The summed E-state index contributed by atoms with van der Waals surface area (Å²) < 4.78 is 11.3. The van der Waals surface area contributed by atoms with Crippen LogP contribution in [0.25, 0.3) is 0 Å². The van der Waals surface area contributed by atoms with Gasteiger partial charge in [-0.3, -0.25) is 4.79 Å². The van der Waals surface area contributed by atoms with Crippen molar-refractivity contribution in [1.82, 2.24) is 4.98 Å². The second-order valence-electron chi connectivity index (χ2n) is 6.77. The van der Waals surface area contributed by atoms with Gasteiger partial charge in [-0.25, -0.2) is 4.98 Å². The molecule has 0 aliphatic carbocycles. The first-order valence-electron chi connectivity index (χ1n) is 9.32. The van der Waals surface area contributed by atoms with Crippen LogP contribution in [0, 0.1) is 0 Å². The Morgan fingerprint density at radius 2 is 1.86 bits per heavy atom. The molecule has 0 saturated heterocycles. The molecule has 1 amide bonds. The van der Waals surface area contributed by atoms with Gasteiger partial charge in [0.25, 0.3) is 0 Å². The Kier molecular flexibility index (Phi) is 6.68. The summed E-state index contributed by atoms with van der Waals surface area (Å²) in [6.45, 7) is 0.471. The Morgan fingerprint density at radius 3 is 2.52 bits per heavy atom. The van der Waals surface area contributed by atoms with Crippen molar-refractivity contribution >= 4 is 17.4 Å². The molecule has 0 aliphatic heterocycles. The van der Waals surface area contributed by atoms with E-state index in [1.165, 1.54) is 0 Å². The van der Waals surface area contributed by atoms with Crippen molar-refractivity contribution in [2.24, 2.45) is 0 Å². The van der Waals surface area contributed by atoms with Crippen molar-refractivity contribution in [3.63, 3.8) is 0 Å². The molecular formula is C23H25N3O3. The standard InChI is InChI=1S/C23H25N3O3/c1-26(2)19-10-12-22(24-15-19)25-23(27)13-18-9-11-20(14-21(18)28-3)29-16-17-7-5-4-6-8-17/h4-12,14-15H,13,16H2,1-3H3,(H,24,25,27). The quantitative estimate of drug-likeness (QED) is 0.631. The maximum absolute atomic E-state index is 12.4. The van der Waals surface area contributed by atoms with Crippen molar-refractivity contribution in [3.05, 3.63) is 78.0 Å². The SMILES string of the molecule is COc1cc(OCc2ccccc2)ccc1CC(=O)Nc1ccc(N(C)C)cn1. The minimum atomic E-state index is -0.161. The molecule has 1 heterocycles. The molecule has 1 aromatic heterocycles. The van der Waals surface area contributed by atoms with Crippen LogP contribution in [-0.2, 0) is 17.8 Å². The third kappa shape index (κ3) is 5.72. The van der Waals surface area contributed by atoms with Gasteiger partial charge in [-0.2, -0.15) is 0 Å². The summed E-state index contributed by atoms with van der Waals surface area (Å²) in [5, 5.41) is 2.81. The largest absolute Gasteiger partial charge is 0.496 e. The molecule has 0 atom stereocenters. The predicted octanol–water partition coefficient (Wildman–Crippen LogP) is 3.92. The molecule has 0 spiro atoms. The monoisotopic (exact) mass is 391 g/mol. The van der Waals surface area contributed by atoms with Crippen LogP contribution in [0.15, 0.2) is 66.9 Å². The molecule has 1 N–H and O–H groups in total. The fraction of sp³-hybridized carbons (Fsp3) is 0.217. The maximum Gasteiger partial charge on any atom is 0.230 e. The van der Waals surface area contributed by atoms with Gasteiger partial charge in [-0.05, 0) is 23.8 Å². The highest BCUT2D eigenvalue weighted by Gasteiger charge is 2.11. The van der Waals surface area contributed by atoms with Gasteiger partial charge >= 0.3 is 0 Å². The molecule has 0 saturated carbocycles. The van der Waals surface area contributed by atoms with Gasteiger partial charge in [-0.15, -0.1) is 0 Å². The maximum atomic E-state index is 12.4. The van der Waals surface area contributed by atoms with E-state index < -0.39 is 0 Å². The molecule has 0 bridgehead atoms. The second-order valence-corrected chi connectivity index (χ2v) is 6.77. The van der Waals surface area contributed by atoms with Crippen LogP contribution < -0.4 is 19.7 Å². The lowest BCUT2D eigenvalue weighted by Gasteiger charge is -2.13. The zero-order chi connectivity index (χ0) is 20.6. The molecule has 3 rings (SSSR count). The fourth-order valence-corrected chi connectivity index (χ4v) is 2.79. The molecule has 6 nitrogen and oxygen atoms in total. The molecule has 2 aromatic carbocycles. The molecular weight excluding hydrogens is 366 g/mol. The van der Waals surface area contributed by atoms with Gasteiger partial charge in [0.15, 0.2) is 0 Å². The van der Waals surface area contributed by atoms with Gasteiger partial charge in [0.1, 0.15) is 23.9 Å². The number of hydrogen-bond acceptors (Lipinski definition) is 5. The van der Waals surface area contributed by atoms with Crippen LogP contribution in [0.4, 0.5) is 11.5 Å². The van der Waals surface area contributed by atoms with Gasteiger partial charge in [0.05, 0.1) is 25.4 Å². The smallest absolute Gasteiger partial charge is 0.230 e. The average Bonchev–Trinajstić information content (AvgIpc) is 2.74. The van der Waals surface area contributed by atoms with Crippen molar-refractivity contribution in [2.45, 2.75) is 13.0 Å². The summed E-state index contributed by atoms with van der Waals surface area (Å²) in [5.41, 5.74) is 2.83. The number of nitrogens with one attached hydrogen (secondary N) is 1. The van der Waals surface area contributed by atoms with Gasteiger partial charge in [0.2, 0.25) is 5.91 Å². The summed E-state index contributed by atoms with van der Waals surface area (Å²) in [6, 6.07) is 19.1. The van der Waals surface area contributed by atoms with E-state index in [0.717, 1.165) is 16.8 Å². The number of anilines is 2. The Hall–Kier alpha value is -3.54. The molecule has 150 valence electrons. The number of pyridine rings is 1. The number of benzene rings is 2. The Labute approximate surface area is 171 Å². The number of rotatable bonds is 8. The zero-order valence-corrected chi connectivity index (χ0v) is 16.9. The van der Waals surface area contributed by atoms with Crippen LogP contribution in [0.3, 0.4) is 0 Å². The van der Waals surface area contributed by atoms with Crippen LogP contribution in [0.2, 0.25) is 0 Å². The molecule has 0 radical (unpaired) electrons. The number of carbonyl (C=O) groups excluding carboxylic acids is 1. The minimum absolute atomic E-state index is 0.161. The van der Waals surface area contributed by atoms with Crippen molar-refractivity contribution in [2.75, 3.05) is 31.4 Å². The van der Waals surface area contributed by atoms with Crippen LogP contribution >= 0.6 is 0 Å². The number of amides is 1. The highest BCUT2D eigenvalue weighted by Crippen LogP contribution is 2.26. The van der Waals surface area contributed by atoms with E-state index in [4.69, 9.17) is 9.47 Å². The normalized spacial score (nSPS) is 10.3. The lowest BCUT2D eigenvalue weighted by molar-refractivity contribution is -0.115. The van der Waals surface area contributed by atoms with Crippen LogP contribution in [0.5, 0.6) is 11.5 Å². The number of aromatic nitrogens is 1. The van der Waals surface area contributed by atoms with Crippen molar-refractivity contribution in [3.8, 4) is 11.5 Å². The van der Waals surface area contributed by atoms with Gasteiger partial charge in [0, 0.05) is 25.7 Å². The summed E-state index contributed by atoms with van der Waals surface area (Å²) in [7, 11) is 5.46. The van der Waals surface area contributed by atoms with Crippen LogP contribution in [-0.4, -0.2) is 32.1 Å². The van der Waals surface area contributed by atoms with Gasteiger partial charge in [-0.1, -0.05) is 36.4 Å². The summed E-state index contributed by atoms with van der Waals surface area (Å²) in [4.78, 5) is 18.6. The predicted molar refractivity (Wildman–Crippen MR) is 115 cm³/mol. The van der Waals surface area contributed by atoms with E-state index in [1.807, 2.05) is 67.5 Å². The number of hydrogen-bond donors (Lipinski definition) is 1. The van der Waals surface area contributed by atoms with E-state index in [-0.39, 0.29) is 12.3 Å². The Morgan fingerprint density at radius 1 is 1.07 bits per heavy atom.